The third-order valence-corrected chi connectivity index (χ3v) is 7.10. The fourth-order valence-electron chi connectivity index (χ4n) is 5.12. The van der Waals surface area contributed by atoms with Gasteiger partial charge in [0.1, 0.15) is 18.4 Å². The van der Waals surface area contributed by atoms with Crippen molar-refractivity contribution in [1.29, 1.82) is 0 Å². The first-order valence-corrected chi connectivity index (χ1v) is 12.3. The highest BCUT2D eigenvalue weighted by Gasteiger charge is 2.39. The molecule has 2 saturated heterocycles. The molecule has 4 amide bonds. The minimum atomic E-state index is -0.708. The molecule has 1 aromatic heterocycles. The maximum Gasteiger partial charge on any atom is 0.257 e. The smallest absolute Gasteiger partial charge is 0.257 e. The number of ether oxygens (including phenoxy) is 2. The summed E-state index contributed by atoms with van der Waals surface area (Å²) in [4.78, 5) is 56.7. The maximum atomic E-state index is 14.4. The Balaban J connectivity index is 1.27. The van der Waals surface area contributed by atoms with Crippen molar-refractivity contribution >= 4 is 23.6 Å². The Labute approximate surface area is 212 Å². The third kappa shape index (κ3) is 4.85. The van der Waals surface area contributed by atoms with Crippen LogP contribution >= 0.6 is 0 Å². The van der Waals surface area contributed by atoms with E-state index in [0.717, 1.165) is 24.6 Å². The second-order valence-electron chi connectivity index (χ2n) is 9.38. The molecule has 0 bridgehead atoms. The van der Waals surface area contributed by atoms with E-state index in [0.29, 0.717) is 30.7 Å². The molecule has 0 spiro atoms. The average Bonchev–Trinajstić information content (AvgIpc) is 3.22. The zero-order chi connectivity index (χ0) is 26.1. The summed E-state index contributed by atoms with van der Waals surface area (Å²) in [5.41, 5.74) is 1.13. The monoisotopic (exact) mass is 510 g/mol. The van der Waals surface area contributed by atoms with Crippen LogP contribution in [0.2, 0.25) is 0 Å². The molecule has 0 radical (unpaired) electrons. The number of rotatable bonds is 6. The highest BCUT2D eigenvalue weighted by Crippen LogP contribution is 2.31. The normalized spacial score (nSPS) is 21.5. The van der Waals surface area contributed by atoms with E-state index in [4.69, 9.17) is 9.47 Å². The quantitative estimate of drug-likeness (QED) is 0.591. The number of methoxy groups -OCH3 is 1. The van der Waals surface area contributed by atoms with Gasteiger partial charge in [0, 0.05) is 31.1 Å². The van der Waals surface area contributed by atoms with E-state index in [1.807, 2.05) is 0 Å². The molecule has 3 aliphatic rings. The van der Waals surface area contributed by atoms with Crippen molar-refractivity contribution in [2.45, 2.75) is 50.7 Å². The largest absolute Gasteiger partial charge is 0.491 e. The van der Waals surface area contributed by atoms with Gasteiger partial charge in [-0.05, 0) is 49.4 Å². The lowest BCUT2D eigenvalue weighted by Gasteiger charge is -2.35. The van der Waals surface area contributed by atoms with Crippen molar-refractivity contribution in [3.63, 3.8) is 0 Å². The number of piperidine rings is 2. The predicted octanol–water partition coefficient (Wildman–Crippen LogP) is 2.06. The Kier molecular flexibility index (Phi) is 6.77. The highest BCUT2D eigenvalue weighted by molar-refractivity contribution is 6.05. The molecule has 1 N–H and O–H groups in total. The van der Waals surface area contributed by atoms with Crippen LogP contribution in [0, 0.1) is 5.82 Å². The van der Waals surface area contributed by atoms with Crippen LogP contribution in [0.3, 0.4) is 0 Å². The summed E-state index contributed by atoms with van der Waals surface area (Å²) in [5.74, 6) is -1.50. The van der Waals surface area contributed by atoms with Crippen LogP contribution in [-0.4, -0.2) is 70.8 Å². The number of amides is 4. The number of pyridine rings is 1. The van der Waals surface area contributed by atoms with E-state index in [-0.39, 0.29) is 48.9 Å². The van der Waals surface area contributed by atoms with Gasteiger partial charge >= 0.3 is 0 Å². The molecule has 0 saturated carbocycles. The lowest BCUT2D eigenvalue weighted by Crippen LogP contribution is -2.52. The van der Waals surface area contributed by atoms with E-state index in [2.05, 4.69) is 10.3 Å². The maximum absolute atomic E-state index is 14.4. The lowest BCUT2D eigenvalue weighted by atomic mass is 10.0. The van der Waals surface area contributed by atoms with E-state index in [1.165, 1.54) is 18.1 Å². The molecule has 11 heteroatoms. The predicted molar refractivity (Wildman–Crippen MR) is 127 cm³/mol. The number of aromatic nitrogens is 1. The van der Waals surface area contributed by atoms with E-state index in [9.17, 15) is 23.6 Å². The van der Waals surface area contributed by atoms with Gasteiger partial charge in [-0.1, -0.05) is 0 Å². The van der Waals surface area contributed by atoms with Gasteiger partial charge in [-0.3, -0.25) is 24.5 Å². The Hall–Kier alpha value is -4.02. The molecule has 2 fully saturated rings. The number of benzene rings is 1. The first-order chi connectivity index (χ1) is 17.9. The van der Waals surface area contributed by atoms with Gasteiger partial charge in [-0.2, -0.15) is 0 Å². The zero-order valence-corrected chi connectivity index (χ0v) is 20.4. The van der Waals surface area contributed by atoms with Crippen LogP contribution in [0.25, 0.3) is 0 Å². The summed E-state index contributed by atoms with van der Waals surface area (Å²) in [6.45, 7) is 0.935. The fourth-order valence-corrected chi connectivity index (χ4v) is 5.12. The van der Waals surface area contributed by atoms with Gasteiger partial charge in [0.25, 0.3) is 11.8 Å². The van der Waals surface area contributed by atoms with Gasteiger partial charge in [0.15, 0.2) is 5.82 Å². The Morgan fingerprint density at radius 3 is 2.81 bits per heavy atom. The molecule has 3 aliphatic heterocycles. The number of fused-ring (bicyclic) bond motifs is 1. The highest BCUT2D eigenvalue weighted by atomic mass is 19.1. The van der Waals surface area contributed by atoms with Crippen molar-refractivity contribution in [3.8, 4) is 11.6 Å². The molecule has 0 aliphatic carbocycles. The van der Waals surface area contributed by atoms with Crippen LogP contribution in [0.15, 0.2) is 30.5 Å². The first-order valence-electron chi connectivity index (χ1n) is 12.3. The summed E-state index contributed by atoms with van der Waals surface area (Å²) < 4.78 is 25.5. The number of hydrogen-bond acceptors (Lipinski definition) is 7. The van der Waals surface area contributed by atoms with Gasteiger partial charge < -0.3 is 19.3 Å². The second kappa shape index (κ2) is 10.2. The van der Waals surface area contributed by atoms with E-state index in [1.54, 1.807) is 23.1 Å². The summed E-state index contributed by atoms with van der Waals surface area (Å²) in [6.07, 6.45) is 3.90. The van der Waals surface area contributed by atoms with Crippen LogP contribution in [0.5, 0.6) is 11.6 Å². The van der Waals surface area contributed by atoms with Gasteiger partial charge in [-0.15, -0.1) is 0 Å². The Morgan fingerprint density at radius 2 is 2.03 bits per heavy atom. The van der Waals surface area contributed by atoms with Crippen molar-refractivity contribution in [2.75, 3.05) is 20.3 Å². The minimum absolute atomic E-state index is 0.0941. The number of nitrogens with one attached hydrogen (secondary N) is 1. The van der Waals surface area contributed by atoms with E-state index >= 15 is 0 Å². The molecule has 4 heterocycles. The van der Waals surface area contributed by atoms with Crippen LogP contribution in [0.1, 0.15) is 58.4 Å². The Morgan fingerprint density at radius 1 is 1.19 bits per heavy atom. The van der Waals surface area contributed by atoms with Gasteiger partial charge in [0.05, 0.1) is 24.9 Å². The van der Waals surface area contributed by atoms with Crippen LogP contribution in [0.4, 0.5) is 4.39 Å². The summed E-state index contributed by atoms with van der Waals surface area (Å²) >= 11 is 0. The van der Waals surface area contributed by atoms with Crippen molar-refractivity contribution in [3.05, 3.63) is 53.0 Å². The molecule has 1 unspecified atom stereocenters. The number of halogens is 1. The summed E-state index contributed by atoms with van der Waals surface area (Å²) in [6, 6.07) is 5.48. The molecule has 10 nitrogen and oxygen atoms in total. The van der Waals surface area contributed by atoms with Crippen LogP contribution in [-0.2, 0) is 16.1 Å². The first kappa shape index (κ1) is 24.7. The zero-order valence-electron chi connectivity index (χ0n) is 20.4. The minimum Gasteiger partial charge on any atom is -0.491 e. The molecule has 37 heavy (non-hydrogen) atoms. The van der Waals surface area contributed by atoms with E-state index < -0.39 is 23.7 Å². The molecule has 2 aromatic rings. The molecular weight excluding hydrogens is 483 g/mol. The fraction of sp³-hybridized carbons (Fsp3) is 0.423. The second-order valence-corrected chi connectivity index (χ2v) is 9.38. The molecular formula is C26H27FN4O6. The SMILES string of the molecule is COc1cc(C(=O)N2CCCC[C@@H]2COc2ccc3c(c2)CN(C2CCC(=O)NC2=O)C3=O)c(F)cn1. The van der Waals surface area contributed by atoms with Gasteiger partial charge in [-0.25, -0.2) is 9.37 Å². The molecule has 194 valence electrons. The molecule has 2 atom stereocenters. The third-order valence-electron chi connectivity index (χ3n) is 7.10. The van der Waals surface area contributed by atoms with Crippen molar-refractivity contribution < 1.29 is 33.0 Å². The lowest BCUT2D eigenvalue weighted by molar-refractivity contribution is -0.136. The molecule has 5 rings (SSSR count). The topological polar surface area (TPSA) is 118 Å². The number of carbonyl (C=O) groups is 4. The number of likely N-dealkylation sites (tertiary alicyclic amines) is 1. The van der Waals surface area contributed by atoms with Crippen molar-refractivity contribution in [1.82, 2.24) is 20.1 Å². The standard InChI is InChI=1S/C26H27FN4O6/c1-36-23-11-19(20(27)12-28-23)26(35)30-9-3-2-4-16(30)14-37-17-5-6-18-15(10-17)13-31(25(18)34)21-7-8-22(32)29-24(21)33/h5-6,10-12,16,21H,2-4,7-9,13-14H2,1H3,(H,29,32,33)/t16-,21?/m1/s1. The number of nitrogens with zero attached hydrogens (tertiary/aromatic N) is 3. The Bertz CT molecular complexity index is 1270. The number of imide groups is 1. The molecule has 1 aromatic carbocycles. The number of hydrogen-bond donors (Lipinski definition) is 1. The van der Waals surface area contributed by atoms with Crippen molar-refractivity contribution in [2.24, 2.45) is 0 Å². The van der Waals surface area contributed by atoms with Gasteiger partial charge in [0.2, 0.25) is 17.7 Å². The van der Waals surface area contributed by atoms with Crippen LogP contribution < -0.4 is 14.8 Å². The summed E-state index contributed by atoms with van der Waals surface area (Å²) in [5, 5.41) is 2.29. The number of carbonyl (C=O) groups excluding carboxylic acids is 4. The average molecular weight is 511 g/mol. The summed E-state index contributed by atoms with van der Waals surface area (Å²) in [7, 11) is 1.40.